The fourth-order valence-electron chi connectivity index (χ4n) is 5.67. The first-order chi connectivity index (χ1) is 20.4. The first-order valence-electron chi connectivity index (χ1n) is 14.3. The zero-order valence-corrected chi connectivity index (χ0v) is 25.1. The molecule has 12 nitrogen and oxygen atoms in total. The van der Waals surface area contributed by atoms with Crippen molar-refractivity contribution in [1.29, 1.82) is 0 Å². The third kappa shape index (κ3) is 6.09. The quantitative estimate of drug-likeness (QED) is 0.178. The number of aromatic nitrogens is 4. The predicted octanol–water partition coefficient (Wildman–Crippen LogP) is 5.49. The first-order valence-corrected chi connectivity index (χ1v) is 14.3. The van der Waals surface area contributed by atoms with Gasteiger partial charge in [-0.25, -0.2) is 14.5 Å². The Morgan fingerprint density at radius 1 is 1.05 bits per heavy atom. The van der Waals surface area contributed by atoms with Gasteiger partial charge in [0.15, 0.2) is 5.69 Å². The van der Waals surface area contributed by atoms with Gasteiger partial charge in [0.1, 0.15) is 17.0 Å². The topological polar surface area (TPSA) is 162 Å². The molecule has 3 amide bonds. The number of ether oxygens (including phenoxy) is 1. The number of carbonyl (C=O) groups is 3. The number of nitrogens with zero attached hydrogens (tertiary/aromatic N) is 3. The summed E-state index contributed by atoms with van der Waals surface area (Å²) in [5.41, 5.74) is 3.52. The number of fused-ring (bicyclic) bond motifs is 1. The number of carboxylic acid groups (broad SMARTS) is 1. The molecular formula is C31H38N7O5+. The molecule has 1 aliphatic rings. The van der Waals surface area contributed by atoms with Crippen LogP contribution in [0.1, 0.15) is 65.7 Å². The molecule has 0 radical (unpaired) electrons. The van der Waals surface area contributed by atoms with Crippen LogP contribution in [0.3, 0.4) is 0 Å². The molecule has 0 aliphatic carbocycles. The Kier molecular flexibility index (Phi) is 7.98. The summed E-state index contributed by atoms with van der Waals surface area (Å²) in [7, 11) is 0. The van der Waals surface area contributed by atoms with Crippen LogP contribution < -0.4 is 15.4 Å². The highest BCUT2D eigenvalue weighted by Crippen LogP contribution is 2.33. The van der Waals surface area contributed by atoms with Crippen LogP contribution in [0, 0.1) is 19.8 Å². The smallest absolute Gasteiger partial charge is 0.493 e. The molecule has 1 saturated heterocycles. The number of quaternary nitrogens is 1. The highest BCUT2D eigenvalue weighted by molar-refractivity contribution is 6.13. The largest absolute Gasteiger partial charge is 0.513 e. The molecule has 0 atom stereocenters. The first kappa shape index (κ1) is 29.8. The Bertz CT molecular complexity index is 1680. The molecule has 1 fully saturated rings. The molecule has 4 aromatic rings. The minimum absolute atomic E-state index is 0.0104. The number of aromatic amines is 2. The summed E-state index contributed by atoms with van der Waals surface area (Å²) in [6.45, 7) is 11.4. The summed E-state index contributed by atoms with van der Waals surface area (Å²) in [4.78, 5) is 52.4. The Morgan fingerprint density at radius 2 is 1.79 bits per heavy atom. The van der Waals surface area contributed by atoms with Crippen LogP contribution in [0.5, 0.6) is 5.75 Å². The Hall–Kier alpha value is -4.71. The summed E-state index contributed by atoms with van der Waals surface area (Å²) in [5, 5.41) is 15.4. The number of imidazole rings is 2. The summed E-state index contributed by atoms with van der Waals surface area (Å²) in [6, 6.07) is 11.1. The van der Waals surface area contributed by atoms with E-state index in [1.807, 2.05) is 65.0 Å². The maximum absolute atomic E-state index is 13.1. The Balaban J connectivity index is 1.20. The van der Waals surface area contributed by atoms with E-state index in [2.05, 4.69) is 30.6 Å². The second kappa shape index (κ2) is 11.5. The molecule has 1 aliphatic heterocycles. The number of amides is 3. The molecule has 226 valence electrons. The normalized spacial score (nSPS) is 18.8. The third-order valence-corrected chi connectivity index (χ3v) is 8.37. The van der Waals surface area contributed by atoms with Crippen molar-refractivity contribution in [2.75, 3.05) is 30.3 Å². The number of H-pyrrole nitrogens is 2. The standard InChI is InChI=1S/C31H37N7O5/c1-18-6-8-22(19(2)14-18)34-27(39)25-26(33-17-32-25)28(40)37-29-35-23-9-7-21(15-24(23)36-29)43-16-20-10-12-38(13-11-20,30(41)42)31(3,4)5/h6-9,14-15,17,20H,10-13,16H2,1-5H3,(H4-,32,33,34,35,36,37,39,40,41,42)/p+1. The van der Waals surface area contributed by atoms with Crippen LogP contribution in [0.15, 0.2) is 42.7 Å². The highest BCUT2D eigenvalue weighted by Gasteiger charge is 2.50. The second-order valence-electron chi connectivity index (χ2n) is 12.2. The van der Waals surface area contributed by atoms with Gasteiger partial charge in [0.25, 0.3) is 11.8 Å². The van der Waals surface area contributed by atoms with Crippen LogP contribution in [0.2, 0.25) is 0 Å². The number of aryl methyl sites for hydroxylation is 2. The molecule has 2 aromatic carbocycles. The predicted molar refractivity (Wildman–Crippen MR) is 162 cm³/mol. The van der Waals surface area contributed by atoms with Gasteiger partial charge in [-0.1, -0.05) is 17.7 Å². The highest BCUT2D eigenvalue weighted by atomic mass is 16.5. The molecule has 5 rings (SSSR count). The van der Waals surface area contributed by atoms with Crippen molar-refractivity contribution in [2.45, 2.75) is 53.0 Å². The van der Waals surface area contributed by atoms with Crippen LogP contribution in [0.25, 0.3) is 11.0 Å². The van der Waals surface area contributed by atoms with Crippen molar-refractivity contribution in [1.82, 2.24) is 19.9 Å². The van der Waals surface area contributed by atoms with Gasteiger partial charge in [0, 0.05) is 30.5 Å². The summed E-state index contributed by atoms with van der Waals surface area (Å²) < 4.78 is 6.14. The fourth-order valence-corrected chi connectivity index (χ4v) is 5.67. The van der Waals surface area contributed by atoms with Crippen LogP contribution in [0.4, 0.5) is 16.4 Å². The monoisotopic (exact) mass is 588 g/mol. The zero-order chi connectivity index (χ0) is 30.9. The maximum atomic E-state index is 13.1. The van der Waals surface area contributed by atoms with E-state index in [0.29, 0.717) is 42.2 Å². The molecule has 2 aromatic heterocycles. The number of likely N-dealkylation sites (tertiary alicyclic amines) is 1. The van der Waals surface area contributed by atoms with Gasteiger partial charge in [-0.15, -0.1) is 0 Å². The molecule has 12 heteroatoms. The number of nitrogens with one attached hydrogen (secondary N) is 4. The van der Waals surface area contributed by atoms with Gasteiger partial charge in [0.05, 0.1) is 37.1 Å². The SMILES string of the molecule is Cc1ccc(NC(=O)c2nc[nH]c2C(=O)Nc2nc3ccc(OCC4CC[N+](C(=O)O)(C(C)(C)C)CC4)cc3[nH]2)c(C)c1. The molecule has 5 N–H and O–H groups in total. The molecule has 0 unspecified atom stereocenters. The van der Waals surface area contributed by atoms with E-state index in [1.54, 1.807) is 6.07 Å². The molecule has 0 saturated carbocycles. The maximum Gasteiger partial charge on any atom is 0.513 e. The van der Waals surface area contributed by atoms with Crippen molar-refractivity contribution in [3.05, 3.63) is 65.2 Å². The van der Waals surface area contributed by atoms with Crippen molar-refractivity contribution in [3.8, 4) is 5.75 Å². The number of hydrogen-bond donors (Lipinski definition) is 5. The lowest BCUT2D eigenvalue weighted by molar-refractivity contribution is -0.909. The summed E-state index contributed by atoms with van der Waals surface area (Å²) >= 11 is 0. The van der Waals surface area contributed by atoms with Gasteiger partial charge in [0.2, 0.25) is 5.95 Å². The van der Waals surface area contributed by atoms with Crippen molar-refractivity contribution in [2.24, 2.45) is 5.92 Å². The van der Waals surface area contributed by atoms with E-state index in [-0.39, 0.29) is 33.3 Å². The van der Waals surface area contributed by atoms with E-state index >= 15 is 0 Å². The van der Waals surface area contributed by atoms with E-state index in [9.17, 15) is 19.5 Å². The van der Waals surface area contributed by atoms with E-state index in [0.717, 1.165) is 24.0 Å². The van der Waals surface area contributed by atoms with Gasteiger partial charge < -0.3 is 25.1 Å². The summed E-state index contributed by atoms with van der Waals surface area (Å²) in [6.07, 6.45) is 2.06. The van der Waals surface area contributed by atoms with Crippen LogP contribution in [-0.2, 0) is 0 Å². The Labute approximate surface area is 249 Å². The lowest BCUT2D eigenvalue weighted by Crippen LogP contribution is -2.66. The molecule has 0 spiro atoms. The van der Waals surface area contributed by atoms with Crippen LogP contribution in [-0.4, -0.2) is 72.7 Å². The second-order valence-corrected chi connectivity index (χ2v) is 12.2. The average Bonchev–Trinajstić information content (AvgIpc) is 3.60. The van der Waals surface area contributed by atoms with Gasteiger partial charge in [-0.05, 0) is 58.4 Å². The van der Waals surface area contributed by atoms with Crippen molar-refractivity contribution >= 4 is 40.6 Å². The van der Waals surface area contributed by atoms with Gasteiger partial charge in [-0.3, -0.25) is 14.9 Å². The third-order valence-electron chi connectivity index (χ3n) is 8.37. The molecule has 43 heavy (non-hydrogen) atoms. The van der Waals surface area contributed by atoms with Crippen molar-refractivity contribution < 1.29 is 28.7 Å². The number of carbonyl (C=O) groups excluding carboxylic acids is 2. The number of hydrogen-bond acceptors (Lipinski definition) is 6. The van der Waals surface area contributed by atoms with E-state index < -0.39 is 17.9 Å². The van der Waals surface area contributed by atoms with E-state index in [4.69, 9.17) is 4.74 Å². The van der Waals surface area contributed by atoms with Crippen LogP contribution >= 0.6 is 0 Å². The Morgan fingerprint density at radius 3 is 2.47 bits per heavy atom. The fraction of sp³-hybridized carbons (Fsp3) is 0.387. The number of benzene rings is 2. The summed E-state index contributed by atoms with van der Waals surface area (Å²) in [5.74, 6) is 0.0463. The van der Waals surface area contributed by atoms with Crippen molar-refractivity contribution in [3.63, 3.8) is 0 Å². The zero-order valence-electron chi connectivity index (χ0n) is 25.1. The minimum Gasteiger partial charge on any atom is -0.493 e. The lowest BCUT2D eigenvalue weighted by atomic mass is 9.90. The minimum atomic E-state index is -0.774. The van der Waals surface area contributed by atoms with Gasteiger partial charge >= 0.3 is 6.09 Å². The lowest BCUT2D eigenvalue weighted by Gasteiger charge is -2.47. The van der Waals surface area contributed by atoms with E-state index in [1.165, 1.54) is 6.33 Å². The molecular weight excluding hydrogens is 550 g/mol. The average molecular weight is 589 g/mol. The molecule has 0 bridgehead atoms. The molecule has 3 heterocycles. The number of anilines is 2. The van der Waals surface area contributed by atoms with Gasteiger partial charge in [-0.2, -0.15) is 4.79 Å². The number of rotatable bonds is 7. The number of piperidine rings is 1.